The Morgan fingerprint density at radius 1 is 1.15 bits per heavy atom. The maximum absolute atomic E-state index is 13.3. The second-order valence-corrected chi connectivity index (χ2v) is 6.82. The molecule has 2 aromatic rings. The van der Waals surface area contributed by atoms with Crippen LogP contribution in [0.3, 0.4) is 0 Å². The highest BCUT2D eigenvalue weighted by Gasteiger charge is 2.29. The van der Waals surface area contributed by atoms with Gasteiger partial charge in [0.2, 0.25) is 0 Å². The molecule has 0 aromatic heterocycles. The zero-order valence-electron chi connectivity index (χ0n) is 15.2. The third kappa shape index (κ3) is 4.90. The van der Waals surface area contributed by atoms with E-state index in [0.29, 0.717) is 5.57 Å². The second-order valence-electron chi connectivity index (χ2n) is 6.03. The van der Waals surface area contributed by atoms with Crippen molar-refractivity contribution in [2.24, 2.45) is 4.99 Å². The molecular formula is C20H20FIN3OS-. The van der Waals surface area contributed by atoms with Gasteiger partial charge in [-0.3, -0.25) is 4.79 Å². The molecular weight excluding hydrogens is 476 g/mol. The van der Waals surface area contributed by atoms with Gasteiger partial charge in [-0.1, -0.05) is 42.1 Å². The van der Waals surface area contributed by atoms with E-state index in [-0.39, 0.29) is 35.7 Å². The minimum Gasteiger partial charge on any atom is -1.00 e. The van der Waals surface area contributed by atoms with E-state index < -0.39 is 6.04 Å². The number of rotatable bonds is 3. The van der Waals surface area contributed by atoms with Crippen LogP contribution in [0.1, 0.15) is 24.1 Å². The number of amides is 1. The number of nitrogens with one attached hydrogen (secondary N) is 2. The molecule has 1 amide bonds. The molecule has 1 aliphatic heterocycles. The molecule has 1 heterocycles. The first-order chi connectivity index (χ1) is 12.5. The fourth-order valence-corrected chi connectivity index (χ4v) is 3.30. The minimum absolute atomic E-state index is 0. The molecule has 0 spiro atoms. The predicted molar refractivity (Wildman–Crippen MR) is 106 cm³/mol. The molecule has 1 aliphatic rings. The highest BCUT2D eigenvalue weighted by molar-refractivity contribution is 8.13. The number of para-hydroxylation sites is 1. The third-order valence-corrected chi connectivity index (χ3v) is 4.83. The van der Waals surface area contributed by atoms with Crippen molar-refractivity contribution in [3.05, 3.63) is 76.7 Å². The molecule has 0 aliphatic carbocycles. The maximum atomic E-state index is 13.3. The number of aliphatic imine (C=N–C) groups is 1. The number of nitrogens with zero attached hydrogens (tertiary/aromatic N) is 1. The number of allylic oxidation sites excluding steroid dienone is 1. The van der Waals surface area contributed by atoms with E-state index in [1.165, 1.54) is 23.9 Å². The number of hydrogen-bond donors (Lipinski definition) is 2. The summed E-state index contributed by atoms with van der Waals surface area (Å²) in [6, 6.07) is 13.2. The van der Waals surface area contributed by atoms with Crippen LogP contribution in [-0.2, 0) is 4.79 Å². The number of halogens is 2. The van der Waals surface area contributed by atoms with E-state index in [1.54, 1.807) is 12.1 Å². The third-order valence-electron chi connectivity index (χ3n) is 4.24. The number of benzene rings is 2. The van der Waals surface area contributed by atoms with E-state index in [1.807, 2.05) is 44.4 Å². The molecule has 27 heavy (non-hydrogen) atoms. The van der Waals surface area contributed by atoms with Crippen molar-refractivity contribution in [1.82, 2.24) is 5.32 Å². The standard InChI is InChI=1S/C20H20FN3OS.HI/c1-12-6-4-5-7-16(12)23-19(25)17-13(2)22-20(26-3)24-18(17)14-8-10-15(21)11-9-14;/h4-11,18H,1-3H3,(H,22,24)(H,23,25);1H/p-1. The van der Waals surface area contributed by atoms with Gasteiger partial charge in [0, 0.05) is 11.4 Å². The first-order valence-electron chi connectivity index (χ1n) is 8.21. The summed E-state index contributed by atoms with van der Waals surface area (Å²) in [5.41, 5.74) is 3.78. The lowest BCUT2D eigenvalue weighted by molar-refractivity contribution is -0.113. The summed E-state index contributed by atoms with van der Waals surface area (Å²) >= 11 is 1.47. The van der Waals surface area contributed by atoms with Crippen LogP contribution >= 0.6 is 11.8 Å². The molecule has 1 atom stereocenters. The lowest BCUT2D eigenvalue weighted by Crippen LogP contribution is -3.00. The first kappa shape index (κ1) is 21.4. The van der Waals surface area contributed by atoms with Gasteiger partial charge in [0.05, 0.1) is 5.57 Å². The van der Waals surface area contributed by atoms with Crippen LogP contribution in [-0.4, -0.2) is 17.3 Å². The number of aryl methyl sites for hydroxylation is 1. The molecule has 4 nitrogen and oxygen atoms in total. The molecule has 2 N–H and O–H groups in total. The molecule has 7 heteroatoms. The van der Waals surface area contributed by atoms with Crippen LogP contribution in [0.25, 0.3) is 0 Å². The molecule has 142 valence electrons. The van der Waals surface area contributed by atoms with Gasteiger partial charge in [-0.05, 0) is 49.4 Å². The summed E-state index contributed by atoms with van der Waals surface area (Å²) in [5.74, 6) is -0.536. The van der Waals surface area contributed by atoms with Crippen LogP contribution in [0.2, 0.25) is 0 Å². The summed E-state index contributed by atoms with van der Waals surface area (Å²) in [6.07, 6.45) is 1.92. The van der Waals surface area contributed by atoms with Crippen molar-refractivity contribution in [2.45, 2.75) is 19.9 Å². The van der Waals surface area contributed by atoms with Crippen molar-refractivity contribution in [3.63, 3.8) is 0 Å². The Morgan fingerprint density at radius 3 is 2.44 bits per heavy atom. The van der Waals surface area contributed by atoms with E-state index in [9.17, 15) is 9.18 Å². The van der Waals surface area contributed by atoms with Gasteiger partial charge in [0.25, 0.3) is 5.91 Å². The summed E-state index contributed by atoms with van der Waals surface area (Å²) < 4.78 is 13.3. The number of anilines is 1. The fourth-order valence-electron chi connectivity index (χ4n) is 2.83. The van der Waals surface area contributed by atoms with Gasteiger partial charge in [0.15, 0.2) is 5.17 Å². The maximum Gasteiger partial charge on any atom is 0.255 e. The lowest BCUT2D eigenvalue weighted by atomic mass is 9.95. The van der Waals surface area contributed by atoms with Crippen LogP contribution < -0.4 is 34.6 Å². The highest BCUT2D eigenvalue weighted by atomic mass is 127. The Morgan fingerprint density at radius 2 is 1.81 bits per heavy atom. The average Bonchev–Trinajstić information content (AvgIpc) is 2.63. The number of carbonyl (C=O) groups excluding carboxylic acids is 1. The Labute approximate surface area is 179 Å². The summed E-state index contributed by atoms with van der Waals surface area (Å²) in [6.45, 7) is 3.80. The van der Waals surface area contributed by atoms with Crippen molar-refractivity contribution in [1.29, 1.82) is 0 Å². The smallest absolute Gasteiger partial charge is 0.255 e. The fraction of sp³-hybridized carbons (Fsp3) is 0.200. The molecule has 2 aromatic carbocycles. The van der Waals surface area contributed by atoms with Crippen molar-refractivity contribution >= 4 is 28.5 Å². The summed E-state index contributed by atoms with van der Waals surface area (Å²) in [4.78, 5) is 17.7. The van der Waals surface area contributed by atoms with Gasteiger partial charge < -0.3 is 34.6 Å². The van der Waals surface area contributed by atoms with E-state index in [0.717, 1.165) is 27.7 Å². The molecule has 0 saturated carbocycles. The Bertz CT molecular complexity index is 896. The molecule has 1 unspecified atom stereocenters. The quantitative estimate of drug-likeness (QED) is 0.633. The summed E-state index contributed by atoms with van der Waals surface area (Å²) in [7, 11) is 0. The minimum atomic E-state index is -0.483. The van der Waals surface area contributed by atoms with Gasteiger partial charge in [-0.25, -0.2) is 9.38 Å². The van der Waals surface area contributed by atoms with Crippen molar-refractivity contribution < 1.29 is 33.2 Å². The van der Waals surface area contributed by atoms with Gasteiger partial charge in [-0.15, -0.1) is 0 Å². The van der Waals surface area contributed by atoms with E-state index >= 15 is 0 Å². The number of thioether (sulfide) groups is 1. The molecule has 0 saturated heterocycles. The van der Waals surface area contributed by atoms with E-state index in [4.69, 9.17) is 0 Å². The van der Waals surface area contributed by atoms with Crippen LogP contribution in [0.4, 0.5) is 10.1 Å². The molecule has 0 fully saturated rings. The largest absolute Gasteiger partial charge is 1.00 e. The number of amidine groups is 1. The normalized spacial score (nSPS) is 16.1. The van der Waals surface area contributed by atoms with Crippen molar-refractivity contribution in [3.8, 4) is 0 Å². The van der Waals surface area contributed by atoms with Gasteiger partial charge >= 0.3 is 0 Å². The van der Waals surface area contributed by atoms with E-state index in [2.05, 4.69) is 15.6 Å². The highest BCUT2D eigenvalue weighted by Crippen LogP contribution is 2.33. The lowest BCUT2D eigenvalue weighted by Gasteiger charge is -2.26. The second kappa shape index (κ2) is 9.36. The predicted octanol–water partition coefficient (Wildman–Crippen LogP) is 1.41. The number of hydrogen-bond acceptors (Lipinski definition) is 4. The van der Waals surface area contributed by atoms with Gasteiger partial charge in [0.1, 0.15) is 11.9 Å². The first-order valence-corrected chi connectivity index (χ1v) is 9.44. The molecule has 0 radical (unpaired) electrons. The molecule has 0 bridgehead atoms. The Kier molecular flexibility index (Phi) is 7.43. The van der Waals surface area contributed by atoms with Crippen molar-refractivity contribution in [2.75, 3.05) is 11.6 Å². The SMILES string of the molecule is CSC1=NC(c2ccc(F)cc2)C(C(=O)Nc2ccccc2C)=C(C)N1.[I-]. The average molecular weight is 496 g/mol. The van der Waals surface area contributed by atoms with Crippen LogP contribution in [0.5, 0.6) is 0 Å². The topological polar surface area (TPSA) is 53.5 Å². The zero-order valence-corrected chi connectivity index (χ0v) is 18.2. The number of carbonyl (C=O) groups is 1. The monoisotopic (exact) mass is 496 g/mol. The van der Waals surface area contributed by atoms with Crippen LogP contribution in [0, 0.1) is 12.7 Å². The summed E-state index contributed by atoms with van der Waals surface area (Å²) in [5, 5.41) is 6.86. The Hall–Kier alpha value is -1.87. The van der Waals surface area contributed by atoms with Gasteiger partial charge in [-0.2, -0.15) is 0 Å². The zero-order chi connectivity index (χ0) is 18.7. The Balaban J connectivity index is 0.00000261. The van der Waals surface area contributed by atoms with Crippen LogP contribution in [0.15, 0.2) is 64.8 Å². The molecule has 3 rings (SSSR count).